The highest BCUT2D eigenvalue weighted by molar-refractivity contribution is 6.36. The van der Waals surface area contributed by atoms with Gasteiger partial charge in [0.1, 0.15) is 0 Å². The summed E-state index contributed by atoms with van der Waals surface area (Å²) in [5, 5.41) is 15.8. The predicted molar refractivity (Wildman–Crippen MR) is 247 cm³/mol. The number of imidazole rings is 2. The molecule has 2 amide bonds. The minimum Gasteiger partial charge on any atom is -0.481 e. The summed E-state index contributed by atoms with van der Waals surface area (Å²) in [5.74, 6) is -2.62. The van der Waals surface area contributed by atoms with Gasteiger partial charge in [0.05, 0.1) is 38.2 Å². The van der Waals surface area contributed by atoms with Crippen molar-refractivity contribution >= 4 is 40.8 Å². The van der Waals surface area contributed by atoms with E-state index in [2.05, 4.69) is 30.4 Å². The second kappa shape index (κ2) is 16.4. The summed E-state index contributed by atoms with van der Waals surface area (Å²) in [6.07, 6.45) is 11.3. The molecule has 4 bridgehead atoms. The lowest BCUT2D eigenvalue weighted by atomic mass is 9.80. The number of aliphatic carboxylic acids is 1. The zero-order valence-corrected chi connectivity index (χ0v) is 37.2. The number of aromatic nitrogens is 4. The van der Waals surface area contributed by atoms with Crippen LogP contribution in [-0.2, 0) is 49.4 Å². The van der Waals surface area contributed by atoms with Crippen molar-refractivity contribution in [2.24, 2.45) is 35.6 Å². The average Bonchev–Trinajstić information content (AvgIpc) is 4.19. The predicted octanol–water partition coefficient (Wildman–Crippen LogP) is 8.42. The fourth-order valence-corrected chi connectivity index (χ4v) is 13.0. The van der Waals surface area contributed by atoms with Crippen LogP contribution >= 0.6 is 11.6 Å². The fourth-order valence-electron chi connectivity index (χ4n) is 12.7. The molecule has 6 aliphatic rings. The molecule has 64 heavy (non-hydrogen) atoms. The fraction of sp³-hybridized carbons (Fsp3) is 0.580. The van der Waals surface area contributed by atoms with Crippen LogP contribution in [0.2, 0.25) is 5.02 Å². The minimum atomic E-state index is -2.69. The third-order valence-electron chi connectivity index (χ3n) is 16.6. The summed E-state index contributed by atoms with van der Waals surface area (Å²) in [5.41, 5.74) is 3.79. The van der Waals surface area contributed by atoms with Crippen molar-refractivity contribution < 1.29 is 36.6 Å². The van der Waals surface area contributed by atoms with Gasteiger partial charge in [0.25, 0.3) is 11.8 Å². The summed E-state index contributed by atoms with van der Waals surface area (Å²) in [6.45, 7) is 0.0750. The van der Waals surface area contributed by atoms with E-state index in [-0.39, 0.29) is 45.2 Å². The summed E-state index contributed by atoms with van der Waals surface area (Å²) in [7, 11) is -2.41. The molecule has 4 heterocycles. The molecule has 340 valence electrons. The van der Waals surface area contributed by atoms with Gasteiger partial charge in [-0.15, -0.1) is 0 Å². The molecule has 2 aromatic carbocycles. The first kappa shape index (κ1) is 33.9. The number of amides is 2. The van der Waals surface area contributed by atoms with E-state index in [0.717, 1.165) is 80.0 Å². The van der Waals surface area contributed by atoms with E-state index in [1.165, 1.54) is 0 Å². The van der Waals surface area contributed by atoms with Gasteiger partial charge in [-0.3, -0.25) is 24.2 Å². The Balaban J connectivity index is 0.816. The summed E-state index contributed by atoms with van der Waals surface area (Å²) in [4.78, 5) is 54.1. The third-order valence-corrected chi connectivity index (χ3v) is 17.0. The molecular weight excluding hydrogens is 828 g/mol. The second-order valence-electron chi connectivity index (χ2n) is 20.2. The van der Waals surface area contributed by atoms with Crippen molar-refractivity contribution in [3.63, 3.8) is 0 Å². The second-order valence-corrected chi connectivity index (χ2v) is 20.5. The van der Waals surface area contributed by atoms with Crippen LogP contribution in [0.5, 0.6) is 0 Å². The number of ether oxygens (including phenoxy) is 1. The van der Waals surface area contributed by atoms with Gasteiger partial charge in [0.15, 0.2) is 11.6 Å². The number of halogens is 1. The number of carbonyl (C=O) groups excluding carboxylic acids is 2. The van der Waals surface area contributed by atoms with Gasteiger partial charge in [-0.25, -0.2) is 9.97 Å². The van der Waals surface area contributed by atoms with Crippen molar-refractivity contribution in [3.8, 4) is 11.1 Å². The first-order valence-electron chi connectivity index (χ1n) is 27.4. The Bertz CT molecular complexity index is 2840. The van der Waals surface area contributed by atoms with E-state index >= 15 is 0 Å². The Morgan fingerprint density at radius 3 is 1.84 bits per heavy atom. The molecule has 14 heteroatoms. The molecule has 10 rings (SSSR count). The van der Waals surface area contributed by atoms with Crippen molar-refractivity contribution in [2.75, 3.05) is 50.5 Å². The van der Waals surface area contributed by atoms with E-state index in [9.17, 15) is 19.5 Å². The molecule has 4 aromatic rings. The molecule has 0 saturated heterocycles. The van der Waals surface area contributed by atoms with Gasteiger partial charge < -0.3 is 29.6 Å². The highest BCUT2D eigenvalue weighted by Gasteiger charge is 2.58. The molecule has 3 N–H and O–H groups in total. The first-order valence-corrected chi connectivity index (χ1v) is 23.2. The monoisotopic (exact) mass is 900 g/mol. The summed E-state index contributed by atoms with van der Waals surface area (Å²) < 4.78 is 80.5. The van der Waals surface area contributed by atoms with E-state index < -0.39 is 44.2 Å². The van der Waals surface area contributed by atoms with Crippen molar-refractivity contribution in [2.45, 2.75) is 110 Å². The van der Waals surface area contributed by atoms with Crippen molar-refractivity contribution in [3.05, 3.63) is 81.4 Å². The van der Waals surface area contributed by atoms with Crippen LogP contribution < -0.4 is 10.6 Å². The Labute approximate surface area is 393 Å². The SMILES string of the molecule is [2H]C([2H])([2H])OCC12CCC(CCN3CCc4c(nc(C(=O)Nc5cccc(-c6cccc(NC(=O)c7nc8c(n7C([2H])([2H])[2H])CCN(CCC79CCC(C(=O)O)(CC7)C9)C8)c6C)c5Cl)n4C([2H])([2H])[2H])C3)(CC1)C2. The highest BCUT2D eigenvalue weighted by atomic mass is 35.5. The summed E-state index contributed by atoms with van der Waals surface area (Å²) >= 11 is 7.07. The molecular formula is C50H63ClN8O5. The molecule has 2 aromatic heterocycles. The van der Waals surface area contributed by atoms with Crippen LogP contribution in [0.15, 0.2) is 36.4 Å². The Kier molecular flexibility index (Phi) is 8.67. The Hall–Kier alpha value is -4.56. The molecule has 4 saturated carbocycles. The number of benzene rings is 2. The van der Waals surface area contributed by atoms with Gasteiger partial charge in [-0.1, -0.05) is 35.9 Å². The molecule has 13 nitrogen and oxygen atoms in total. The van der Waals surface area contributed by atoms with E-state index in [1.54, 1.807) is 43.3 Å². The average molecular weight is 901 g/mol. The lowest BCUT2D eigenvalue weighted by Crippen LogP contribution is -2.34. The summed E-state index contributed by atoms with van der Waals surface area (Å²) in [6, 6.07) is 10.3. The molecule has 2 aliphatic heterocycles. The van der Waals surface area contributed by atoms with E-state index in [1.807, 2.05) is 0 Å². The van der Waals surface area contributed by atoms with Crippen molar-refractivity contribution in [1.29, 1.82) is 0 Å². The minimum absolute atomic E-state index is 0.00950. The highest BCUT2D eigenvalue weighted by Crippen LogP contribution is 2.64. The van der Waals surface area contributed by atoms with Gasteiger partial charge in [-0.2, -0.15) is 0 Å². The Morgan fingerprint density at radius 1 is 0.750 bits per heavy atom. The van der Waals surface area contributed by atoms with Gasteiger partial charge in [0, 0.05) is 90.9 Å². The van der Waals surface area contributed by atoms with Gasteiger partial charge in [0.2, 0.25) is 0 Å². The maximum Gasteiger partial charge on any atom is 0.309 e. The van der Waals surface area contributed by atoms with Crippen LogP contribution in [0, 0.1) is 28.6 Å². The largest absolute Gasteiger partial charge is 0.481 e. The quantitative estimate of drug-likeness (QED) is 0.114. The molecule has 0 unspecified atom stereocenters. The molecule has 0 atom stereocenters. The molecule has 4 aliphatic carbocycles. The maximum absolute atomic E-state index is 14.1. The lowest BCUT2D eigenvalue weighted by molar-refractivity contribution is -0.148. The number of hydrogen-bond acceptors (Lipinski definition) is 8. The maximum atomic E-state index is 14.1. The van der Waals surface area contributed by atoms with Crippen LogP contribution in [0.25, 0.3) is 11.1 Å². The molecule has 0 radical (unpaired) electrons. The van der Waals surface area contributed by atoms with Crippen LogP contribution in [-0.4, -0.2) is 91.6 Å². The topological polar surface area (TPSA) is 147 Å². The van der Waals surface area contributed by atoms with Crippen LogP contribution in [0.1, 0.15) is 139 Å². The van der Waals surface area contributed by atoms with E-state index in [0.29, 0.717) is 103 Å². The number of carboxylic acids is 1. The molecule has 0 spiro atoms. The van der Waals surface area contributed by atoms with E-state index in [4.69, 9.17) is 28.7 Å². The van der Waals surface area contributed by atoms with Gasteiger partial charge >= 0.3 is 5.97 Å². The standard InChI is InChI=1S/C50H63ClN8O5/c1-32-33(7-5-9-35(32)54-44(60)42-52-37-28-59(24-12-39(37)56(42)2)26-22-48-17-19-50(30-48,20-18-48)46(62)63)34-8-6-10-36(41(34)51)55-45(61)43-53-38-27-58(23-11-40(38)57(43)3)25-21-47-13-15-49(29-47,16-14-47)31-64-4/h5-10H,11-31H2,1-4H3,(H,54,60)(H,55,61)(H,62,63)/i2D3,3D3,4D3. The third kappa shape index (κ3) is 7.57. The first-order chi connectivity index (χ1) is 34.3. The zero-order chi connectivity index (χ0) is 52.1. The Morgan fingerprint density at radius 2 is 1.28 bits per heavy atom. The van der Waals surface area contributed by atoms with Gasteiger partial charge in [-0.05, 0) is 137 Å². The smallest absolute Gasteiger partial charge is 0.309 e. The number of methoxy groups -OCH3 is 1. The van der Waals surface area contributed by atoms with Crippen molar-refractivity contribution in [1.82, 2.24) is 28.9 Å². The number of hydrogen-bond donors (Lipinski definition) is 3. The number of nitrogens with zero attached hydrogens (tertiary/aromatic N) is 6. The molecule has 4 fully saturated rings. The number of nitrogens with one attached hydrogen (secondary N) is 2. The normalized spacial score (nSPS) is 29.9. The number of fused-ring (bicyclic) bond motifs is 6. The van der Waals surface area contributed by atoms with Crippen LogP contribution in [0.3, 0.4) is 0 Å². The number of rotatable bonds is 14. The number of anilines is 2. The lowest BCUT2D eigenvalue weighted by Gasteiger charge is -2.32. The number of carbonyl (C=O) groups is 3. The zero-order valence-electron chi connectivity index (χ0n) is 45.5. The number of carboxylic acid groups (broad SMARTS) is 1. The van der Waals surface area contributed by atoms with Crippen LogP contribution in [0.4, 0.5) is 11.4 Å².